The van der Waals surface area contributed by atoms with Gasteiger partial charge in [-0.1, -0.05) is 42.5 Å². The molecule has 0 bridgehead atoms. The van der Waals surface area contributed by atoms with Gasteiger partial charge in [0, 0.05) is 17.3 Å². The van der Waals surface area contributed by atoms with Crippen molar-refractivity contribution in [2.75, 3.05) is 9.62 Å². The Hall–Kier alpha value is -3.12. The summed E-state index contributed by atoms with van der Waals surface area (Å²) in [7, 11) is -3.79. The monoisotopic (exact) mass is 406 g/mol. The van der Waals surface area contributed by atoms with Gasteiger partial charge in [0.1, 0.15) is 0 Å². The minimum atomic E-state index is -3.79. The zero-order valence-corrected chi connectivity index (χ0v) is 17.1. The van der Waals surface area contributed by atoms with Gasteiger partial charge in [-0.3, -0.25) is 9.10 Å². The molecule has 0 spiro atoms. The molecule has 6 heteroatoms. The Morgan fingerprint density at radius 3 is 2.52 bits per heavy atom. The van der Waals surface area contributed by atoms with Gasteiger partial charge in [-0.15, -0.1) is 0 Å². The number of hydrogen-bond donors (Lipinski definition) is 1. The van der Waals surface area contributed by atoms with E-state index in [9.17, 15) is 13.2 Å². The Morgan fingerprint density at radius 1 is 1.00 bits per heavy atom. The van der Waals surface area contributed by atoms with E-state index in [1.807, 2.05) is 62.4 Å². The second-order valence-electron chi connectivity index (χ2n) is 7.28. The van der Waals surface area contributed by atoms with Crippen LogP contribution in [0.25, 0.3) is 0 Å². The van der Waals surface area contributed by atoms with Crippen molar-refractivity contribution < 1.29 is 13.2 Å². The summed E-state index contributed by atoms with van der Waals surface area (Å²) in [6, 6.07) is 21.0. The minimum Gasteiger partial charge on any atom is -0.322 e. The molecule has 1 aliphatic rings. The number of sulfonamides is 1. The van der Waals surface area contributed by atoms with Gasteiger partial charge >= 0.3 is 0 Å². The van der Waals surface area contributed by atoms with E-state index >= 15 is 0 Å². The van der Waals surface area contributed by atoms with Crippen molar-refractivity contribution in [3.8, 4) is 0 Å². The molecule has 0 radical (unpaired) electrons. The zero-order chi connectivity index (χ0) is 20.6. The largest absolute Gasteiger partial charge is 0.322 e. The van der Waals surface area contributed by atoms with Crippen molar-refractivity contribution in [1.29, 1.82) is 0 Å². The van der Waals surface area contributed by atoms with Crippen molar-refractivity contribution in [2.45, 2.75) is 31.2 Å². The van der Waals surface area contributed by atoms with Crippen molar-refractivity contribution in [2.24, 2.45) is 0 Å². The molecule has 29 heavy (non-hydrogen) atoms. The molecule has 3 aromatic carbocycles. The third-order valence-corrected chi connectivity index (χ3v) is 7.12. The molecule has 0 saturated carbocycles. The van der Waals surface area contributed by atoms with Crippen LogP contribution in [-0.4, -0.2) is 20.4 Å². The van der Waals surface area contributed by atoms with Crippen LogP contribution in [0.5, 0.6) is 0 Å². The number of aryl methyl sites for hydroxylation is 1. The van der Waals surface area contributed by atoms with Crippen LogP contribution < -0.4 is 9.62 Å². The Labute approximate surface area is 171 Å². The summed E-state index contributed by atoms with van der Waals surface area (Å²) < 4.78 is 28.2. The zero-order valence-electron chi connectivity index (χ0n) is 16.3. The summed E-state index contributed by atoms with van der Waals surface area (Å²) in [5.74, 6) is -0.341. The topological polar surface area (TPSA) is 66.5 Å². The summed E-state index contributed by atoms with van der Waals surface area (Å²) >= 11 is 0. The predicted molar refractivity (Wildman–Crippen MR) is 115 cm³/mol. The van der Waals surface area contributed by atoms with Gasteiger partial charge in [0.05, 0.1) is 10.6 Å². The molecule has 4 rings (SSSR count). The number of rotatable bonds is 4. The summed E-state index contributed by atoms with van der Waals surface area (Å²) in [5.41, 5.74) is 3.65. The molecular formula is C23H22N2O3S. The fraction of sp³-hybridized carbons (Fsp3) is 0.174. The van der Waals surface area contributed by atoms with Gasteiger partial charge in [0.15, 0.2) is 0 Å². The molecule has 5 nitrogen and oxygen atoms in total. The summed E-state index contributed by atoms with van der Waals surface area (Å²) in [6.07, 6.45) is 0.670. The van der Waals surface area contributed by atoms with Gasteiger partial charge < -0.3 is 5.32 Å². The highest BCUT2D eigenvalue weighted by molar-refractivity contribution is 7.92. The molecule has 1 heterocycles. The Bertz CT molecular complexity index is 1190. The maximum Gasteiger partial charge on any atom is 0.264 e. The van der Waals surface area contributed by atoms with Crippen LogP contribution in [0, 0.1) is 6.92 Å². The molecular weight excluding hydrogens is 384 g/mol. The third-order valence-electron chi connectivity index (χ3n) is 5.19. The van der Waals surface area contributed by atoms with Crippen LogP contribution in [0.2, 0.25) is 0 Å². The van der Waals surface area contributed by atoms with Crippen LogP contribution in [0.1, 0.15) is 28.4 Å². The number of anilines is 2. The standard InChI is InChI=1S/C23H22N2O3S/c1-16-8-3-5-12-21(16)24-23(26)19-10-7-11-20(15-19)29(27,28)25-17(2)14-18-9-4-6-13-22(18)25/h3-13,15,17H,14H2,1-2H3,(H,24,26)/t17-/m0/s1. The van der Waals surface area contributed by atoms with E-state index < -0.39 is 10.0 Å². The molecule has 0 fully saturated rings. The number of nitrogens with zero attached hydrogens (tertiary/aromatic N) is 1. The highest BCUT2D eigenvalue weighted by Gasteiger charge is 2.36. The maximum atomic E-state index is 13.4. The number of carbonyl (C=O) groups excluding carboxylic acids is 1. The number of para-hydroxylation sites is 2. The lowest BCUT2D eigenvalue weighted by Gasteiger charge is -2.24. The normalized spacial score (nSPS) is 15.8. The summed E-state index contributed by atoms with van der Waals surface area (Å²) in [5, 5.41) is 2.85. The third kappa shape index (κ3) is 3.51. The first-order valence-electron chi connectivity index (χ1n) is 9.47. The molecule has 1 amide bonds. The first-order valence-corrected chi connectivity index (χ1v) is 10.9. The van der Waals surface area contributed by atoms with E-state index in [1.54, 1.807) is 12.1 Å². The van der Waals surface area contributed by atoms with E-state index in [-0.39, 0.29) is 16.8 Å². The molecule has 0 aromatic heterocycles. The van der Waals surface area contributed by atoms with E-state index in [1.165, 1.54) is 16.4 Å². The molecule has 148 valence electrons. The highest BCUT2D eigenvalue weighted by Crippen LogP contribution is 2.36. The number of fused-ring (bicyclic) bond motifs is 1. The van der Waals surface area contributed by atoms with Crippen LogP contribution in [-0.2, 0) is 16.4 Å². The fourth-order valence-corrected chi connectivity index (χ4v) is 5.46. The van der Waals surface area contributed by atoms with Crippen LogP contribution >= 0.6 is 0 Å². The average Bonchev–Trinajstić information content (AvgIpc) is 3.06. The molecule has 3 aromatic rings. The molecule has 1 aliphatic heterocycles. The van der Waals surface area contributed by atoms with Crippen LogP contribution in [0.3, 0.4) is 0 Å². The first-order chi connectivity index (χ1) is 13.9. The van der Waals surface area contributed by atoms with Crippen LogP contribution in [0.4, 0.5) is 11.4 Å². The molecule has 0 unspecified atom stereocenters. The van der Waals surface area contributed by atoms with Gasteiger partial charge in [-0.05, 0) is 61.7 Å². The quantitative estimate of drug-likeness (QED) is 0.699. The molecule has 0 saturated heterocycles. The van der Waals surface area contributed by atoms with Crippen molar-refractivity contribution in [1.82, 2.24) is 0 Å². The summed E-state index contributed by atoms with van der Waals surface area (Å²) in [6.45, 7) is 3.80. The molecule has 1 N–H and O–H groups in total. The number of hydrogen-bond acceptors (Lipinski definition) is 3. The van der Waals surface area contributed by atoms with E-state index in [0.29, 0.717) is 23.4 Å². The van der Waals surface area contributed by atoms with Gasteiger partial charge in [-0.25, -0.2) is 8.42 Å². The second kappa shape index (κ2) is 7.37. The maximum absolute atomic E-state index is 13.4. The average molecular weight is 407 g/mol. The van der Waals surface area contributed by atoms with Gasteiger partial charge in [-0.2, -0.15) is 0 Å². The summed E-state index contributed by atoms with van der Waals surface area (Å²) in [4.78, 5) is 12.8. The number of carbonyl (C=O) groups is 1. The molecule has 1 atom stereocenters. The highest BCUT2D eigenvalue weighted by atomic mass is 32.2. The molecule has 0 aliphatic carbocycles. The van der Waals surface area contributed by atoms with E-state index in [2.05, 4.69) is 5.32 Å². The lowest BCUT2D eigenvalue weighted by atomic mass is 10.1. The van der Waals surface area contributed by atoms with Crippen molar-refractivity contribution in [3.05, 3.63) is 89.5 Å². The van der Waals surface area contributed by atoms with Gasteiger partial charge in [0.25, 0.3) is 15.9 Å². The Kier molecular flexibility index (Phi) is 4.88. The lowest BCUT2D eigenvalue weighted by molar-refractivity contribution is 0.102. The predicted octanol–water partition coefficient (Wildman–Crippen LogP) is 4.39. The van der Waals surface area contributed by atoms with E-state index in [4.69, 9.17) is 0 Å². The second-order valence-corrected chi connectivity index (χ2v) is 9.09. The van der Waals surface area contributed by atoms with Crippen LogP contribution in [0.15, 0.2) is 77.7 Å². The Balaban J connectivity index is 1.66. The number of benzene rings is 3. The number of nitrogens with one attached hydrogen (secondary N) is 1. The fourth-order valence-electron chi connectivity index (χ4n) is 3.72. The first kappa shape index (κ1) is 19.2. The minimum absolute atomic E-state index is 0.110. The van der Waals surface area contributed by atoms with Crippen molar-refractivity contribution >= 4 is 27.3 Å². The lowest BCUT2D eigenvalue weighted by Crippen LogP contribution is -2.35. The Morgan fingerprint density at radius 2 is 1.72 bits per heavy atom. The SMILES string of the molecule is Cc1ccccc1NC(=O)c1cccc(S(=O)(=O)N2c3ccccc3C[C@@H]2C)c1. The van der Waals surface area contributed by atoms with Crippen molar-refractivity contribution in [3.63, 3.8) is 0 Å². The van der Waals surface area contributed by atoms with Gasteiger partial charge in [0.2, 0.25) is 0 Å². The number of amides is 1. The smallest absolute Gasteiger partial charge is 0.264 e. The van der Waals surface area contributed by atoms with E-state index in [0.717, 1.165) is 11.1 Å².